The maximum atomic E-state index is 12.8. The Balaban J connectivity index is 1.57. The third-order valence-electron chi connectivity index (χ3n) is 3.97. The minimum Gasteiger partial charge on any atom is -0.497 e. The van der Waals surface area contributed by atoms with Gasteiger partial charge in [-0.2, -0.15) is 0 Å². The summed E-state index contributed by atoms with van der Waals surface area (Å²) in [6, 6.07) is 12.1. The van der Waals surface area contributed by atoms with E-state index in [4.69, 9.17) is 4.74 Å². The van der Waals surface area contributed by atoms with Crippen molar-refractivity contribution in [2.75, 3.05) is 13.7 Å². The monoisotopic (exact) mass is 326 g/mol. The van der Waals surface area contributed by atoms with Crippen LogP contribution in [0.4, 0.5) is 4.39 Å². The van der Waals surface area contributed by atoms with E-state index in [1.165, 1.54) is 12.1 Å². The first-order valence-electron chi connectivity index (χ1n) is 7.81. The van der Waals surface area contributed by atoms with Gasteiger partial charge < -0.3 is 15.0 Å². The number of fused-ring (bicyclic) bond motifs is 1. The SMILES string of the molecule is COc1ccc2[nH]cc(CC(=O)NCCc3ccc(F)cc3)c2c1. The lowest BCUT2D eigenvalue weighted by Gasteiger charge is -2.06. The van der Waals surface area contributed by atoms with Gasteiger partial charge in [0.25, 0.3) is 0 Å². The maximum absolute atomic E-state index is 12.8. The number of benzene rings is 2. The van der Waals surface area contributed by atoms with Gasteiger partial charge in [0.05, 0.1) is 13.5 Å². The van der Waals surface area contributed by atoms with E-state index in [2.05, 4.69) is 10.3 Å². The summed E-state index contributed by atoms with van der Waals surface area (Å²) in [7, 11) is 1.62. The number of hydrogen-bond donors (Lipinski definition) is 2. The Morgan fingerprint density at radius 3 is 2.75 bits per heavy atom. The number of methoxy groups -OCH3 is 1. The molecule has 4 nitrogen and oxygen atoms in total. The number of amides is 1. The van der Waals surface area contributed by atoms with Crippen LogP contribution < -0.4 is 10.1 Å². The van der Waals surface area contributed by atoms with Crippen molar-refractivity contribution in [1.82, 2.24) is 10.3 Å². The van der Waals surface area contributed by atoms with Gasteiger partial charge in [-0.3, -0.25) is 4.79 Å². The first-order chi connectivity index (χ1) is 11.7. The van der Waals surface area contributed by atoms with E-state index in [-0.39, 0.29) is 11.7 Å². The van der Waals surface area contributed by atoms with E-state index >= 15 is 0 Å². The Bertz CT molecular complexity index is 840. The fraction of sp³-hybridized carbons (Fsp3) is 0.211. The van der Waals surface area contributed by atoms with Crippen molar-refractivity contribution in [2.45, 2.75) is 12.8 Å². The van der Waals surface area contributed by atoms with Gasteiger partial charge >= 0.3 is 0 Å². The van der Waals surface area contributed by atoms with E-state index in [0.29, 0.717) is 19.4 Å². The van der Waals surface area contributed by atoms with Gasteiger partial charge in [0, 0.05) is 23.6 Å². The molecule has 0 aliphatic carbocycles. The summed E-state index contributed by atoms with van der Waals surface area (Å²) >= 11 is 0. The summed E-state index contributed by atoms with van der Waals surface area (Å²) in [5, 5.41) is 3.89. The van der Waals surface area contributed by atoms with Crippen LogP contribution in [0.2, 0.25) is 0 Å². The summed E-state index contributed by atoms with van der Waals surface area (Å²) in [4.78, 5) is 15.3. The molecule has 0 aliphatic rings. The Morgan fingerprint density at radius 1 is 1.21 bits per heavy atom. The van der Waals surface area contributed by atoms with Crippen molar-refractivity contribution in [3.05, 3.63) is 65.6 Å². The van der Waals surface area contributed by atoms with Gasteiger partial charge in [0.2, 0.25) is 5.91 Å². The highest BCUT2D eigenvalue weighted by Gasteiger charge is 2.09. The molecule has 0 radical (unpaired) electrons. The molecule has 0 saturated carbocycles. The zero-order chi connectivity index (χ0) is 16.9. The van der Waals surface area contributed by atoms with Crippen molar-refractivity contribution in [3.8, 4) is 5.75 Å². The molecule has 3 aromatic rings. The molecule has 0 saturated heterocycles. The van der Waals surface area contributed by atoms with Crippen LogP contribution in [-0.4, -0.2) is 24.5 Å². The fourth-order valence-corrected chi connectivity index (χ4v) is 2.66. The molecule has 0 fully saturated rings. The Hall–Kier alpha value is -2.82. The number of nitrogens with one attached hydrogen (secondary N) is 2. The lowest BCUT2D eigenvalue weighted by atomic mass is 10.1. The second kappa shape index (κ2) is 7.17. The van der Waals surface area contributed by atoms with Crippen LogP contribution in [0.15, 0.2) is 48.7 Å². The molecular formula is C19H19FN2O2. The molecule has 2 N–H and O–H groups in total. The zero-order valence-electron chi connectivity index (χ0n) is 13.4. The first kappa shape index (κ1) is 16.1. The highest BCUT2D eigenvalue weighted by atomic mass is 19.1. The Kier molecular flexibility index (Phi) is 4.79. The van der Waals surface area contributed by atoms with Gasteiger partial charge in [-0.25, -0.2) is 4.39 Å². The average Bonchev–Trinajstić information content (AvgIpc) is 2.98. The largest absolute Gasteiger partial charge is 0.497 e. The van der Waals surface area contributed by atoms with Crippen molar-refractivity contribution >= 4 is 16.8 Å². The quantitative estimate of drug-likeness (QED) is 0.731. The fourth-order valence-electron chi connectivity index (χ4n) is 2.66. The summed E-state index contributed by atoms with van der Waals surface area (Å²) in [6.07, 6.45) is 2.83. The van der Waals surface area contributed by atoms with Gasteiger partial charge in [0.15, 0.2) is 0 Å². The van der Waals surface area contributed by atoms with Gasteiger partial charge in [-0.15, -0.1) is 0 Å². The molecule has 124 valence electrons. The third kappa shape index (κ3) is 3.74. The summed E-state index contributed by atoms with van der Waals surface area (Å²) < 4.78 is 18.1. The normalized spacial score (nSPS) is 10.8. The number of rotatable bonds is 6. The number of hydrogen-bond acceptors (Lipinski definition) is 2. The predicted molar refractivity (Wildman–Crippen MR) is 91.7 cm³/mol. The van der Waals surface area contributed by atoms with Crippen LogP contribution in [0.25, 0.3) is 10.9 Å². The molecule has 3 rings (SSSR count). The second-order valence-electron chi connectivity index (χ2n) is 5.63. The second-order valence-corrected chi connectivity index (χ2v) is 5.63. The van der Waals surface area contributed by atoms with Crippen LogP contribution >= 0.6 is 0 Å². The van der Waals surface area contributed by atoms with E-state index < -0.39 is 0 Å². The molecule has 5 heteroatoms. The lowest BCUT2D eigenvalue weighted by molar-refractivity contribution is -0.120. The predicted octanol–water partition coefficient (Wildman–Crippen LogP) is 3.22. The minimum absolute atomic E-state index is 0.0409. The molecule has 1 heterocycles. The highest BCUT2D eigenvalue weighted by Crippen LogP contribution is 2.23. The summed E-state index contributed by atoms with van der Waals surface area (Å²) in [5.74, 6) is 0.471. The van der Waals surface area contributed by atoms with E-state index in [9.17, 15) is 9.18 Å². The summed E-state index contributed by atoms with van der Waals surface area (Å²) in [5.41, 5.74) is 2.90. The minimum atomic E-state index is -0.252. The van der Waals surface area contributed by atoms with Gasteiger partial charge in [-0.1, -0.05) is 12.1 Å². The number of halogens is 1. The van der Waals surface area contributed by atoms with Crippen molar-refractivity contribution in [2.24, 2.45) is 0 Å². The van der Waals surface area contributed by atoms with Crippen LogP contribution in [-0.2, 0) is 17.6 Å². The molecule has 24 heavy (non-hydrogen) atoms. The molecule has 1 amide bonds. The van der Waals surface area contributed by atoms with E-state index in [0.717, 1.165) is 27.8 Å². The third-order valence-corrected chi connectivity index (χ3v) is 3.97. The van der Waals surface area contributed by atoms with E-state index in [1.54, 1.807) is 19.2 Å². The Morgan fingerprint density at radius 2 is 2.00 bits per heavy atom. The van der Waals surface area contributed by atoms with Gasteiger partial charge in [0.1, 0.15) is 11.6 Å². The molecular weight excluding hydrogens is 307 g/mol. The van der Waals surface area contributed by atoms with Crippen molar-refractivity contribution in [1.29, 1.82) is 0 Å². The average molecular weight is 326 g/mol. The van der Waals surface area contributed by atoms with Gasteiger partial charge in [-0.05, 0) is 47.9 Å². The molecule has 1 aromatic heterocycles. The number of aromatic amines is 1. The number of carbonyl (C=O) groups excluding carboxylic acids is 1. The highest BCUT2D eigenvalue weighted by molar-refractivity contribution is 5.89. The number of ether oxygens (including phenoxy) is 1. The van der Waals surface area contributed by atoms with Crippen molar-refractivity contribution < 1.29 is 13.9 Å². The van der Waals surface area contributed by atoms with Crippen molar-refractivity contribution in [3.63, 3.8) is 0 Å². The first-order valence-corrected chi connectivity index (χ1v) is 7.81. The Labute approximate surface area is 139 Å². The molecule has 0 atom stereocenters. The maximum Gasteiger partial charge on any atom is 0.224 e. The lowest BCUT2D eigenvalue weighted by Crippen LogP contribution is -2.27. The summed E-state index contributed by atoms with van der Waals surface area (Å²) in [6.45, 7) is 0.524. The van der Waals surface area contributed by atoms with E-state index in [1.807, 2.05) is 24.4 Å². The smallest absolute Gasteiger partial charge is 0.224 e. The molecule has 0 spiro atoms. The standard InChI is InChI=1S/C19H19FN2O2/c1-24-16-6-7-18-17(11-16)14(12-22-18)10-19(23)21-9-8-13-2-4-15(20)5-3-13/h2-7,11-12,22H,8-10H2,1H3,(H,21,23). The van der Waals surface area contributed by atoms with Crippen LogP contribution in [0.1, 0.15) is 11.1 Å². The molecule has 2 aromatic carbocycles. The molecule has 0 unspecified atom stereocenters. The number of H-pyrrole nitrogens is 1. The van der Waals surface area contributed by atoms with Crippen LogP contribution in [0, 0.1) is 5.82 Å². The molecule has 0 bridgehead atoms. The van der Waals surface area contributed by atoms with Crippen LogP contribution in [0.5, 0.6) is 5.75 Å². The zero-order valence-corrected chi connectivity index (χ0v) is 13.4. The number of carbonyl (C=O) groups is 1. The molecule has 0 aliphatic heterocycles. The number of aromatic nitrogens is 1. The topological polar surface area (TPSA) is 54.1 Å². The van der Waals surface area contributed by atoms with Crippen LogP contribution in [0.3, 0.4) is 0 Å².